The number of anilines is 1. The van der Waals surface area contributed by atoms with Gasteiger partial charge in [0.2, 0.25) is 5.88 Å². The van der Waals surface area contributed by atoms with Gasteiger partial charge in [-0.1, -0.05) is 0 Å². The number of amides is 1. The lowest BCUT2D eigenvalue weighted by Gasteiger charge is -2.19. The number of carbonyl (C=O) groups is 2. The van der Waals surface area contributed by atoms with Gasteiger partial charge in [0.15, 0.2) is 18.1 Å². The van der Waals surface area contributed by atoms with Crippen LogP contribution in [0.25, 0.3) is 5.88 Å². The van der Waals surface area contributed by atoms with Gasteiger partial charge in [-0.25, -0.2) is 4.79 Å². The zero-order valence-electron chi connectivity index (χ0n) is 16.0. The fourth-order valence-electron chi connectivity index (χ4n) is 3.05. The molecule has 1 aliphatic rings. The van der Waals surface area contributed by atoms with Gasteiger partial charge in [-0.2, -0.15) is 5.26 Å². The lowest BCUT2D eigenvalue weighted by Crippen LogP contribution is -2.22. The number of rotatable bonds is 5. The van der Waals surface area contributed by atoms with Crippen molar-refractivity contribution in [2.24, 2.45) is 0 Å². The molecule has 0 fully saturated rings. The van der Waals surface area contributed by atoms with Gasteiger partial charge < -0.3 is 23.9 Å². The number of carbonyl (C=O) groups excluding carboxylic acids is 2. The lowest BCUT2D eigenvalue weighted by atomic mass is 10.1. The molecular formula is C21H17N3O6. The molecule has 0 aliphatic carbocycles. The molecule has 0 unspecified atom stereocenters. The van der Waals surface area contributed by atoms with E-state index in [0.29, 0.717) is 30.4 Å². The third-order valence-electron chi connectivity index (χ3n) is 4.38. The fourth-order valence-corrected chi connectivity index (χ4v) is 3.05. The number of aryl methyl sites for hydroxylation is 1. The molecule has 0 saturated carbocycles. The first-order chi connectivity index (χ1) is 14.6. The molecule has 9 heteroatoms. The molecule has 30 heavy (non-hydrogen) atoms. The van der Waals surface area contributed by atoms with Crippen LogP contribution in [0.3, 0.4) is 0 Å². The van der Waals surface area contributed by atoms with Crippen LogP contribution >= 0.6 is 0 Å². The van der Waals surface area contributed by atoms with Crippen LogP contribution in [-0.2, 0) is 9.53 Å². The molecule has 0 atom stereocenters. The highest BCUT2D eigenvalue weighted by Crippen LogP contribution is 2.32. The molecule has 0 bridgehead atoms. The van der Waals surface area contributed by atoms with Gasteiger partial charge in [0.1, 0.15) is 36.2 Å². The number of nitrogens with one attached hydrogen (secondary N) is 1. The maximum Gasteiger partial charge on any atom is 0.343 e. The van der Waals surface area contributed by atoms with Crippen molar-refractivity contribution >= 4 is 17.6 Å². The van der Waals surface area contributed by atoms with E-state index in [1.54, 1.807) is 54.2 Å². The summed E-state index contributed by atoms with van der Waals surface area (Å²) in [5, 5.41) is 12.1. The smallest absolute Gasteiger partial charge is 0.343 e. The van der Waals surface area contributed by atoms with Crippen molar-refractivity contribution in [3.05, 3.63) is 59.6 Å². The van der Waals surface area contributed by atoms with E-state index in [4.69, 9.17) is 18.6 Å². The monoisotopic (exact) mass is 407 g/mol. The highest BCUT2D eigenvalue weighted by molar-refractivity contribution is 5.98. The Morgan fingerprint density at radius 2 is 1.93 bits per heavy atom. The van der Waals surface area contributed by atoms with Crippen molar-refractivity contribution in [3.8, 4) is 23.5 Å². The highest BCUT2D eigenvalue weighted by atomic mass is 16.6. The van der Waals surface area contributed by atoms with E-state index in [-0.39, 0.29) is 22.8 Å². The van der Waals surface area contributed by atoms with Gasteiger partial charge in [0.05, 0.1) is 0 Å². The predicted octanol–water partition coefficient (Wildman–Crippen LogP) is 2.82. The number of benzene rings is 1. The number of hydrogen-bond acceptors (Lipinski definition) is 7. The van der Waals surface area contributed by atoms with E-state index in [1.165, 1.54) is 0 Å². The summed E-state index contributed by atoms with van der Waals surface area (Å²) in [6, 6.07) is 10.5. The summed E-state index contributed by atoms with van der Waals surface area (Å²) in [4.78, 5) is 24.7. The van der Waals surface area contributed by atoms with Crippen LogP contribution in [0.4, 0.5) is 5.69 Å². The van der Waals surface area contributed by atoms with E-state index in [9.17, 15) is 14.9 Å². The van der Waals surface area contributed by atoms with E-state index in [1.807, 2.05) is 6.07 Å². The maximum atomic E-state index is 12.5. The second-order valence-electron chi connectivity index (χ2n) is 6.40. The average Bonchev–Trinajstić information content (AvgIpc) is 3.39. The summed E-state index contributed by atoms with van der Waals surface area (Å²) in [7, 11) is 0. The molecule has 0 saturated heterocycles. The van der Waals surface area contributed by atoms with Gasteiger partial charge in [-0.15, -0.1) is 0 Å². The Morgan fingerprint density at radius 1 is 1.20 bits per heavy atom. The zero-order valence-corrected chi connectivity index (χ0v) is 16.0. The normalized spacial score (nSPS) is 12.1. The minimum absolute atomic E-state index is 0.00618. The summed E-state index contributed by atoms with van der Waals surface area (Å²) < 4.78 is 23.2. The van der Waals surface area contributed by atoms with Gasteiger partial charge in [0.25, 0.3) is 5.91 Å². The van der Waals surface area contributed by atoms with Crippen LogP contribution in [0.15, 0.2) is 47.1 Å². The molecule has 3 heterocycles. The van der Waals surface area contributed by atoms with Crippen LogP contribution in [0.5, 0.6) is 11.5 Å². The number of hydrogen-bond donors (Lipinski definition) is 1. The second-order valence-corrected chi connectivity index (χ2v) is 6.40. The van der Waals surface area contributed by atoms with Crippen LogP contribution in [0.2, 0.25) is 0 Å². The molecule has 1 amide bonds. The average molecular weight is 407 g/mol. The van der Waals surface area contributed by atoms with Gasteiger partial charge in [-0.3, -0.25) is 9.36 Å². The Kier molecular flexibility index (Phi) is 5.13. The van der Waals surface area contributed by atoms with Gasteiger partial charge in [0, 0.05) is 24.1 Å². The lowest BCUT2D eigenvalue weighted by molar-refractivity contribution is -0.119. The Hall–Kier alpha value is -4.19. The van der Waals surface area contributed by atoms with Crippen molar-refractivity contribution in [3.63, 3.8) is 0 Å². The first kappa shape index (κ1) is 19.1. The van der Waals surface area contributed by atoms with Crippen molar-refractivity contribution in [1.29, 1.82) is 5.26 Å². The Balaban J connectivity index is 1.42. The minimum Gasteiger partial charge on any atom is -0.486 e. The van der Waals surface area contributed by atoms with Gasteiger partial charge in [-0.05, 0) is 31.2 Å². The second kappa shape index (κ2) is 8.05. The number of esters is 1. The molecule has 0 spiro atoms. The van der Waals surface area contributed by atoms with Crippen molar-refractivity contribution < 1.29 is 28.2 Å². The molecule has 1 N–H and O–H groups in total. The third-order valence-corrected chi connectivity index (χ3v) is 4.38. The van der Waals surface area contributed by atoms with E-state index >= 15 is 0 Å². The van der Waals surface area contributed by atoms with Crippen molar-refractivity contribution in [2.45, 2.75) is 6.92 Å². The molecule has 1 aliphatic heterocycles. The van der Waals surface area contributed by atoms with Crippen LogP contribution in [0.1, 0.15) is 21.7 Å². The minimum atomic E-state index is -0.816. The predicted molar refractivity (Wildman–Crippen MR) is 104 cm³/mol. The molecule has 4 rings (SSSR count). The van der Waals surface area contributed by atoms with Crippen molar-refractivity contribution in [1.82, 2.24) is 4.57 Å². The number of fused-ring (bicyclic) bond motifs is 1. The highest BCUT2D eigenvalue weighted by Gasteiger charge is 2.26. The zero-order chi connectivity index (χ0) is 21.1. The number of nitrogens with zero attached hydrogens (tertiary/aromatic N) is 2. The first-order valence-corrected chi connectivity index (χ1v) is 9.10. The Labute approximate surface area is 171 Å². The first-order valence-electron chi connectivity index (χ1n) is 9.10. The Bertz CT molecular complexity index is 1140. The number of aromatic nitrogens is 1. The molecule has 9 nitrogen and oxygen atoms in total. The van der Waals surface area contributed by atoms with E-state index in [2.05, 4.69) is 5.32 Å². The molecule has 3 aromatic rings. The van der Waals surface area contributed by atoms with Crippen molar-refractivity contribution in [2.75, 3.05) is 25.1 Å². The fraction of sp³-hybridized carbons (Fsp3) is 0.190. The maximum absolute atomic E-state index is 12.5. The topological polar surface area (TPSA) is 116 Å². The van der Waals surface area contributed by atoms with E-state index < -0.39 is 18.5 Å². The van der Waals surface area contributed by atoms with Crippen LogP contribution in [0, 0.1) is 18.3 Å². The molecule has 2 aromatic heterocycles. The molecule has 152 valence electrons. The summed E-state index contributed by atoms with van der Waals surface area (Å²) in [5.74, 6) is 0.221. The summed E-state index contributed by atoms with van der Waals surface area (Å²) >= 11 is 0. The van der Waals surface area contributed by atoms with E-state index in [0.717, 1.165) is 0 Å². The summed E-state index contributed by atoms with van der Waals surface area (Å²) in [6.45, 7) is 1.93. The molecule has 1 aromatic carbocycles. The van der Waals surface area contributed by atoms with Crippen LogP contribution < -0.4 is 14.8 Å². The summed E-state index contributed by atoms with van der Waals surface area (Å²) in [5.41, 5.74) is 0.515. The number of ether oxygens (including phenoxy) is 3. The standard InChI is InChI=1S/C21H17N3O6/c1-13-19(15(11-22)20(30-13)24-6-2-3-7-24)21(26)29-12-18(25)23-14-4-5-16-17(10-14)28-9-8-27-16/h2-7,10H,8-9,12H2,1H3,(H,23,25). The Morgan fingerprint density at radius 3 is 2.67 bits per heavy atom. The SMILES string of the molecule is Cc1oc(-n2cccc2)c(C#N)c1C(=O)OCC(=O)Nc1ccc2c(c1)OCCO2. The number of furan rings is 1. The third kappa shape index (κ3) is 3.71. The quantitative estimate of drug-likeness (QED) is 0.647. The number of nitriles is 1. The largest absolute Gasteiger partial charge is 0.486 e. The van der Waals surface area contributed by atoms with Crippen LogP contribution in [-0.4, -0.2) is 36.3 Å². The van der Waals surface area contributed by atoms with Gasteiger partial charge >= 0.3 is 5.97 Å². The molecule has 0 radical (unpaired) electrons. The molecular weight excluding hydrogens is 390 g/mol. The summed E-state index contributed by atoms with van der Waals surface area (Å²) in [6.07, 6.45) is 3.38.